The first-order chi connectivity index (χ1) is 8.45. The first-order valence-electron chi connectivity index (χ1n) is 6.05. The molecule has 0 bridgehead atoms. The number of nitrogens with zero attached hydrogens (tertiary/aromatic N) is 1. The highest BCUT2D eigenvalue weighted by atomic mass is 16.1. The van der Waals surface area contributed by atoms with Gasteiger partial charge >= 0.3 is 0 Å². The van der Waals surface area contributed by atoms with E-state index in [4.69, 9.17) is 5.73 Å². The Kier molecular flexibility index (Phi) is 3.13. The van der Waals surface area contributed by atoms with E-state index in [-0.39, 0.29) is 17.5 Å². The molecule has 0 amide bonds. The van der Waals surface area contributed by atoms with E-state index >= 15 is 0 Å². The quantitative estimate of drug-likeness (QED) is 0.849. The summed E-state index contributed by atoms with van der Waals surface area (Å²) in [6.07, 6.45) is 0. The third-order valence-corrected chi connectivity index (χ3v) is 2.96. The van der Waals surface area contributed by atoms with E-state index in [0.29, 0.717) is 5.56 Å². The lowest BCUT2D eigenvalue weighted by Crippen LogP contribution is -2.20. The molecule has 0 atom stereocenters. The summed E-state index contributed by atoms with van der Waals surface area (Å²) in [4.78, 5) is 12.3. The summed E-state index contributed by atoms with van der Waals surface area (Å²) in [7, 11) is 0. The number of hydrogen-bond acceptors (Lipinski definition) is 2. The molecule has 0 aliphatic rings. The van der Waals surface area contributed by atoms with E-state index in [1.807, 2.05) is 30.3 Å². The summed E-state index contributed by atoms with van der Waals surface area (Å²) < 4.78 is 1.56. The number of para-hydroxylation sites is 1. The van der Waals surface area contributed by atoms with Crippen molar-refractivity contribution in [2.75, 3.05) is 0 Å². The zero-order valence-corrected chi connectivity index (χ0v) is 11.0. The molecule has 0 aliphatic carbocycles. The van der Waals surface area contributed by atoms with Gasteiger partial charge in [0.1, 0.15) is 0 Å². The summed E-state index contributed by atoms with van der Waals surface area (Å²) in [5.41, 5.74) is 7.90. The number of aromatic nitrogens is 2. The SMILES string of the molecule is CC(C)(C)c1[nH]n(-c2ccccc2)c(=O)c1CN. The van der Waals surface area contributed by atoms with Gasteiger partial charge in [-0.05, 0) is 12.1 Å². The molecule has 0 saturated heterocycles. The van der Waals surface area contributed by atoms with Crippen LogP contribution in [0.4, 0.5) is 0 Å². The van der Waals surface area contributed by atoms with Crippen molar-refractivity contribution in [3.05, 3.63) is 51.9 Å². The van der Waals surface area contributed by atoms with Crippen LogP contribution in [0.5, 0.6) is 0 Å². The molecule has 0 fully saturated rings. The van der Waals surface area contributed by atoms with Gasteiger partial charge in [0.2, 0.25) is 0 Å². The van der Waals surface area contributed by atoms with Crippen LogP contribution >= 0.6 is 0 Å². The van der Waals surface area contributed by atoms with Gasteiger partial charge in [-0.3, -0.25) is 9.89 Å². The minimum absolute atomic E-state index is 0.0615. The zero-order valence-electron chi connectivity index (χ0n) is 11.0. The van der Waals surface area contributed by atoms with Gasteiger partial charge in [0.05, 0.1) is 11.3 Å². The highest BCUT2D eigenvalue weighted by Crippen LogP contribution is 2.22. The van der Waals surface area contributed by atoms with Gasteiger partial charge in [-0.1, -0.05) is 39.0 Å². The fourth-order valence-electron chi connectivity index (χ4n) is 2.04. The number of rotatable bonds is 2. The second-order valence-electron chi connectivity index (χ2n) is 5.40. The molecule has 2 aromatic rings. The fraction of sp³-hybridized carbons (Fsp3) is 0.357. The molecule has 0 saturated carbocycles. The number of nitrogens with two attached hydrogens (primary N) is 1. The second kappa shape index (κ2) is 4.46. The van der Waals surface area contributed by atoms with Gasteiger partial charge in [-0.25, -0.2) is 4.68 Å². The molecule has 2 rings (SSSR count). The number of H-pyrrole nitrogens is 1. The molecule has 18 heavy (non-hydrogen) atoms. The van der Waals surface area contributed by atoms with Crippen LogP contribution in [0.15, 0.2) is 35.1 Å². The lowest BCUT2D eigenvalue weighted by Gasteiger charge is -2.17. The van der Waals surface area contributed by atoms with Crippen molar-refractivity contribution in [1.82, 2.24) is 9.78 Å². The van der Waals surface area contributed by atoms with E-state index in [9.17, 15) is 4.79 Å². The largest absolute Gasteiger partial charge is 0.326 e. The lowest BCUT2D eigenvalue weighted by atomic mass is 9.89. The average Bonchev–Trinajstić information content (AvgIpc) is 2.67. The Balaban J connectivity index is 2.66. The second-order valence-corrected chi connectivity index (χ2v) is 5.40. The van der Waals surface area contributed by atoms with Crippen molar-refractivity contribution in [1.29, 1.82) is 0 Å². The standard InChI is InChI=1S/C14H19N3O/c1-14(2,3)12-11(9-15)13(18)17(16-12)10-7-5-4-6-8-10/h4-8,16H,9,15H2,1-3H3. The lowest BCUT2D eigenvalue weighted by molar-refractivity contribution is 0.554. The highest BCUT2D eigenvalue weighted by molar-refractivity contribution is 5.34. The van der Waals surface area contributed by atoms with Crippen LogP contribution in [0.1, 0.15) is 32.0 Å². The Morgan fingerprint density at radius 2 is 1.83 bits per heavy atom. The summed E-state index contributed by atoms with van der Waals surface area (Å²) in [5.74, 6) is 0. The Hall–Kier alpha value is -1.81. The topological polar surface area (TPSA) is 63.8 Å². The number of benzene rings is 1. The van der Waals surface area contributed by atoms with Crippen LogP contribution in [0.2, 0.25) is 0 Å². The Bertz CT molecular complexity index is 588. The van der Waals surface area contributed by atoms with Crippen LogP contribution in [0.25, 0.3) is 5.69 Å². The molecular weight excluding hydrogens is 226 g/mol. The van der Waals surface area contributed by atoms with Gasteiger partial charge < -0.3 is 5.73 Å². The maximum absolute atomic E-state index is 12.3. The van der Waals surface area contributed by atoms with Crippen molar-refractivity contribution in [3.8, 4) is 5.69 Å². The van der Waals surface area contributed by atoms with E-state index in [1.54, 1.807) is 4.68 Å². The summed E-state index contributed by atoms with van der Waals surface area (Å²) in [6, 6.07) is 9.52. The van der Waals surface area contributed by atoms with Gasteiger partial charge in [0.25, 0.3) is 5.56 Å². The smallest absolute Gasteiger partial charge is 0.275 e. The Morgan fingerprint density at radius 3 is 2.28 bits per heavy atom. The van der Waals surface area contributed by atoms with Crippen LogP contribution in [0, 0.1) is 0 Å². The minimum Gasteiger partial charge on any atom is -0.326 e. The Labute approximate surface area is 106 Å². The average molecular weight is 245 g/mol. The molecular formula is C14H19N3O. The predicted octanol–water partition coefficient (Wildman–Crippen LogP) is 1.92. The molecule has 3 N–H and O–H groups in total. The maximum atomic E-state index is 12.3. The number of hydrogen-bond donors (Lipinski definition) is 2. The first-order valence-corrected chi connectivity index (χ1v) is 6.05. The molecule has 1 heterocycles. The first kappa shape index (κ1) is 12.6. The summed E-state index contributed by atoms with van der Waals surface area (Å²) in [6.45, 7) is 6.44. The third-order valence-electron chi connectivity index (χ3n) is 2.96. The molecule has 0 aliphatic heterocycles. The molecule has 0 spiro atoms. The van der Waals surface area contributed by atoms with E-state index in [0.717, 1.165) is 11.4 Å². The maximum Gasteiger partial charge on any atom is 0.275 e. The molecule has 0 radical (unpaired) electrons. The van der Waals surface area contributed by atoms with Crippen LogP contribution in [-0.2, 0) is 12.0 Å². The van der Waals surface area contributed by atoms with Crippen LogP contribution < -0.4 is 11.3 Å². The molecule has 1 aromatic heterocycles. The Morgan fingerprint density at radius 1 is 1.22 bits per heavy atom. The molecule has 4 nitrogen and oxygen atoms in total. The molecule has 4 heteroatoms. The van der Waals surface area contributed by atoms with E-state index in [1.165, 1.54) is 0 Å². The fourth-order valence-corrected chi connectivity index (χ4v) is 2.04. The normalized spacial score (nSPS) is 11.8. The van der Waals surface area contributed by atoms with Crippen molar-refractivity contribution in [2.45, 2.75) is 32.7 Å². The van der Waals surface area contributed by atoms with Gasteiger partial charge in [-0.15, -0.1) is 0 Å². The zero-order chi connectivity index (χ0) is 13.3. The van der Waals surface area contributed by atoms with Crippen molar-refractivity contribution >= 4 is 0 Å². The van der Waals surface area contributed by atoms with E-state index in [2.05, 4.69) is 25.9 Å². The van der Waals surface area contributed by atoms with Crippen molar-refractivity contribution in [2.24, 2.45) is 5.73 Å². The molecule has 1 aromatic carbocycles. The van der Waals surface area contributed by atoms with Gasteiger partial charge in [0, 0.05) is 17.7 Å². The third kappa shape index (κ3) is 2.11. The summed E-state index contributed by atoms with van der Waals surface area (Å²) in [5, 5.41) is 3.18. The van der Waals surface area contributed by atoms with Gasteiger partial charge in [0.15, 0.2) is 0 Å². The molecule has 96 valence electrons. The number of nitrogens with one attached hydrogen (secondary N) is 1. The van der Waals surface area contributed by atoms with Gasteiger partial charge in [-0.2, -0.15) is 0 Å². The van der Waals surface area contributed by atoms with Crippen LogP contribution in [-0.4, -0.2) is 9.78 Å². The van der Waals surface area contributed by atoms with Crippen LogP contribution in [0.3, 0.4) is 0 Å². The predicted molar refractivity (Wildman–Crippen MR) is 73.0 cm³/mol. The monoisotopic (exact) mass is 245 g/mol. The van der Waals surface area contributed by atoms with E-state index < -0.39 is 0 Å². The molecule has 0 unspecified atom stereocenters. The summed E-state index contributed by atoms with van der Waals surface area (Å²) >= 11 is 0. The number of aromatic amines is 1. The highest BCUT2D eigenvalue weighted by Gasteiger charge is 2.23. The minimum atomic E-state index is -0.131. The van der Waals surface area contributed by atoms with Crippen molar-refractivity contribution in [3.63, 3.8) is 0 Å². The van der Waals surface area contributed by atoms with Crippen molar-refractivity contribution < 1.29 is 0 Å².